The van der Waals surface area contributed by atoms with Gasteiger partial charge in [-0.25, -0.2) is 24.0 Å². The molecule has 89 heavy (non-hydrogen) atoms. The summed E-state index contributed by atoms with van der Waals surface area (Å²) in [4.78, 5) is 84.3. The monoisotopic (exact) mass is 1250 g/mol. The normalized spacial score (nSPS) is 11.7. The van der Waals surface area contributed by atoms with Crippen molar-refractivity contribution >= 4 is 153 Å². The Morgan fingerprint density at radius 3 is 1.10 bits per heavy atom. The zero-order valence-corrected chi connectivity index (χ0v) is 47.3. The van der Waals surface area contributed by atoms with Crippen LogP contribution in [0.5, 0.6) is 11.5 Å². The minimum atomic E-state index is -4.94. The number of carboxylic acid groups (broad SMARTS) is 5. The van der Waals surface area contributed by atoms with E-state index in [2.05, 4.69) is 82.3 Å². The molecule has 0 aliphatic carbocycles. The number of nitrogens with one attached hydrogen (secondary N) is 6. The Balaban J connectivity index is 1.03. The number of aryl methyl sites for hydroxylation is 2. The predicted molar refractivity (Wildman–Crippen MR) is 315 cm³/mol. The lowest BCUT2D eigenvalue weighted by Gasteiger charge is -2.16. The minimum absolute atomic E-state index is 0.0155. The lowest BCUT2D eigenvalue weighted by molar-refractivity contribution is 0.0676. The lowest BCUT2D eigenvalue weighted by Crippen LogP contribution is -2.10. The third kappa shape index (κ3) is 13.5. The molecule has 0 bridgehead atoms. The van der Waals surface area contributed by atoms with E-state index < -0.39 is 99.2 Å². The molecule has 0 saturated carbocycles. The topological polar surface area (TPSA) is 535 Å². The number of aromatic carboxylic acids is 5. The Kier molecular flexibility index (Phi) is 16.6. The van der Waals surface area contributed by atoms with Crippen LogP contribution in [0, 0.1) is 13.8 Å². The molecular formula is C53H42N16O18S2. The number of anilines is 10. The highest BCUT2D eigenvalue weighted by Crippen LogP contribution is 2.46. The number of hydrogen-bond acceptors (Lipinski definition) is 27. The smallest absolute Gasteiger partial charge is 0.337 e. The molecule has 7 aromatic carbocycles. The summed E-state index contributed by atoms with van der Waals surface area (Å²) in [6.45, 7) is 2.92. The van der Waals surface area contributed by atoms with Crippen molar-refractivity contribution in [3.8, 4) is 11.5 Å². The molecule has 0 aliphatic heterocycles. The van der Waals surface area contributed by atoms with E-state index in [1.165, 1.54) is 52.2 Å². The van der Waals surface area contributed by atoms with Crippen molar-refractivity contribution in [1.29, 1.82) is 0 Å². The predicted octanol–water partition coefficient (Wildman–Crippen LogP) is 9.26. The van der Waals surface area contributed by atoms with Gasteiger partial charge in [0.2, 0.25) is 35.7 Å². The number of phenols is 2. The Hall–Kier alpha value is -12.2. The summed E-state index contributed by atoms with van der Waals surface area (Å²) >= 11 is 0. The first-order valence-corrected chi connectivity index (χ1v) is 27.8. The maximum atomic E-state index is 12.9. The molecule has 454 valence electrons. The van der Waals surface area contributed by atoms with E-state index >= 15 is 0 Å². The number of nitrogens with zero attached hydrogens (tertiary/aromatic N) is 10. The number of carboxylic acids is 5. The molecule has 0 spiro atoms. The third-order valence-electron chi connectivity index (χ3n) is 12.6. The van der Waals surface area contributed by atoms with E-state index in [-0.39, 0.29) is 114 Å². The maximum Gasteiger partial charge on any atom is 0.337 e. The minimum Gasteiger partial charge on any atom is -0.505 e. The molecule has 0 unspecified atom stereocenters. The number of aromatic hydroxyl groups is 2. The van der Waals surface area contributed by atoms with Crippen molar-refractivity contribution in [2.24, 2.45) is 20.5 Å². The highest BCUT2D eigenvalue weighted by molar-refractivity contribution is 7.86. The average Bonchev–Trinajstić information content (AvgIpc) is 1.11. The maximum absolute atomic E-state index is 12.9. The second-order valence-corrected chi connectivity index (χ2v) is 21.5. The zero-order valence-electron chi connectivity index (χ0n) is 45.6. The largest absolute Gasteiger partial charge is 0.505 e. The molecule has 0 aliphatic rings. The Morgan fingerprint density at radius 2 is 0.764 bits per heavy atom. The summed E-state index contributed by atoms with van der Waals surface area (Å²) in [5.74, 6) is -10.1. The first kappa shape index (κ1) is 61.4. The van der Waals surface area contributed by atoms with E-state index in [1.54, 1.807) is 0 Å². The van der Waals surface area contributed by atoms with Crippen molar-refractivity contribution in [2.75, 3.05) is 46.0 Å². The van der Waals surface area contributed by atoms with E-state index in [0.717, 1.165) is 66.7 Å². The molecule has 2 aromatic heterocycles. The number of rotatable bonds is 21. The SMILES string of the molecule is CNc1nc(Nc2ccc(Nc3nc(NC)nc(Nc4cc(S(=O)(=O)O)cc5cc(C)c(N=Nc6cc(C(=O)O)cc(C(=O)O)c6)c(O)c45)n3)c(C(=O)O)c2)nc(Nc2cc(S(=O)(=O)O)cc3cc(C)c(N=Nc4cc(C(=O)O)cc(C(=O)O)c4)c(O)c23)n1. The van der Waals surface area contributed by atoms with Crippen LogP contribution in [0.3, 0.4) is 0 Å². The summed E-state index contributed by atoms with van der Waals surface area (Å²) in [6.07, 6.45) is 0. The number of benzene rings is 7. The third-order valence-corrected chi connectivity index (χ3v) is 14.3. The number of carbonyl (C=O) groups is 5. The van der Waals surface area contributed by atoms with Crippen molar-refractivity contribution in [2.45, 2.75) is 23.6 Å². The molecule has 0 atom stereocenters. The van der Waals surface area contributed by atoms with Gasteiger partial charge in [0.15, 0.2) is 11.5 Å². The van der Waals surface area contributed by atoms with Crippen LogP contribution in [0.4, 0.5) is 81.2 Å². The van der Waals surface area contributed by atoms with Crippen molar-refractivity contribution in [3.05, 3.63) is 130 Å². The van der Waals surface area contributed by atoms with Crippen LogP contribution in [0.15, 0.2) is 121 Å². The van der Waals surface area contributed by atoms with Crippen LogP contribution in [0.2, 0.25) is 0 Å². The molecule has 0 saturated heterocycles. The lowest BCUT2D eigenvalue weighted by atomic mass is 10.0. The van der Waals surface area contributed by atoms with Gasteiger partial charge in [-0.3, -0.25) is 9.11 Å². The second kappa shape index (κ2) is 24.1. The summed E-state index contributed by atoms with van der Waals surface area (Å²) in [7, 11) is -7.02. The van der Waals surface area contributed by atoms with Crippen molar-refractivity contribution in [1.82, 2.24) is 29.9 Å². The van der Waals surface area contributed by atoms with Crippen LogP contribution in [-0.2, 0) is 20.2 Å². The van der Waals surface area contributed by atoms with Gasteiger partial charge in [0, 0.05) is 30.6 Å². The van der Waals surface area contributed by atoms with Crippen molar-refractivity contribution < 1.29 is 85.7 Å². The van der Waals surface area contributed by atoms with Gasteiger partial charge in [-0.15, -0.1) is 10.2 Å². The van der Waals surface area contributed by atoms with E-state index in [4.69, 9.17) is 0 Å². The molecule has 0 amide bonds. The van der Waals surface area contributed by atoms with E-state index in [9.17, 15) is 85.7 Å². The Labute approximate surface area is 498 Å². The molecule has 15 N–H and O–H groups in total. The average molecular weight is 1260 g/mol. The number of fused-ring (bicyclic) bond motifs is 2. The summed E-state index contributed by atoms with van der Waals surface area (Å²) in [5.41, 5.74) is -3.21. The van der Waals surface area contributed by atoms with Gasteiger partial charge >= 0.3 is 29.8 Å². The fourth-order valence-corrected chi connectivity index (χ4v) is 9.72. The molecule has 0 fully saturated rings. The molecule has 2 heterocycles. The van der Waals surface area contributed by atoms with Crippen LogP contribution in [-0.4, -0.2) is 136 Å². The highest BCUT2D eigenvalue weighted by atomic mass is 32.2. The number of aromatic nitrogens is 6. The van der Waals surface area contributed by atoms with Gasteiger partial charge < -0.3 is 67.6 Å². The van der Waals surface area contributed by atoms with Gasteiger partial charge in [0.25, 0.3) is 20.2 Å². The van der Waals surface area contributed by atoms with Crippen molar-refractivity contribution in [3.63, 3.8) is 0 Å². The number of phenolic OH excluding ortho intramolecular Hbond substituents is 2. The Morgan fingerprint density at radius 1 is 0.416 bits per heavy atom. The first-order valence-electron chi connectivity index (χ1n) is 24.9. The van der Waals surface area contributed by atoms with Gasteiger partial charge in [-0.2, -0.15) is 57.0 Å². The second-order valence-electron chi connectivity index (χ2n) is 18.7. The molecule has 34 nitrogen and oxygen atoms in total. The number of hydrogen-bond donors (Lipinski definition) is 15. The standard InChI is InChI=1S/C53H42N16O18S2/c1-20-7-22-15-31(88(82,83)84)18-35(37(22)41(70)39(20)68-66-29-11-24(43(72)73)9-25(12-29)44(74)75)58-52-62-48(54-3)60-50(64-52)56-28-5-6-34(33(17-28)47(80)81)57-51-61-49(55-4)63-53(65-51)59-36-19-32(89(85,86)87)16-23-8-21(2)40(42(71)38(23)36)69-67-30-13-26(45(76)77)10-27(14-30)46(78)79/h5-19,70-71H,1-4H3,(H,72,73)(H,74,75)(H,76,77)(H,78,79)(H,80,81)(H,82,83,84)(H,85,86,87)(H3,54,56,58,60,62,64)(H3,55,57,59,61,63,65). The van der Waals surface area contributed by atoms with Gasteiger partial charge in [0.05, 0.1) is 66.0 Å². The summed E-state index contributed by atoms with van der Waals surface area (Å²) in [6, 6.07) is 16.5. The van der Waals surface area contributed by atoms with Crippen LogP contribution in [0.1, 0.15) is 62.9 Å². The quantitative estimate of drug-likeness (QED) is 0.0235. The van der Waals surface area contributed by atoms with Crippen LogP contribution >= 0.6 is 0 Å². The number of azo groups is 2. The Bertz CT molecular complexity index is 4770. The van der Waals surface area contributed by atoms with E-state index in [0.29, 0.717) is 0 Å². The van der Waals surface area contributed by atoms with Gasteiger partial charge in [0.1, 0.15) is 11.4 Å². The fraction of sp³-hybridized carbons (Fsp3) is 0.0755. The molecule has 0 radical (unpaired) electrons. The first-order chi connectivity index (χ1) is 42.0. The summed E-state index contributed by atoms with van der Waals surface area (Å²) < 4.78 is 70.5. The molecule has 9 aromatic rings. The fourth-order valence-electron chi connectivity index (χ4n) is 8.64. The molecule has 36 heteroatoms. The highest BCUT2D eigenvalue weighted by Gasteiger charge is 2.25. The zero-order chi connectivity index (χ0) is 64.6. The molecular weight excluding hydrogens is 1210 g/mol. The van der Waals surface area contributed by atoms with E-state index in [1.807, 2.05) is 0 Å². The van der Waals surface area contributed by atoms with Crippen LogP contribution < -0.4 is 31.9 Å². The molecule has 9 rings (SSSR count). The van der Waals surface area contributed by atoms with Gasteiger partial charge in [-0.05, 0) is 127 Å². The summed E-state index contributed by atoms with van der Waals surface area (Å²) in [5, 5.41) is 105. The van der Waals surface area contributed by atoms with Gasteiger partial charge in [-0.1, -0.05) is 0 Å². The van der Waals surface area contributed by atoms with Crippen LogP contribution in [0.25, 0.3) is 21.5 Å².